The molecule has 0 aliphatic heterocycles. The predicted molar refractivity (Wildman–Crippen MR) is 67.4 cm³/mol. The van der Waals surface area contributed by atoms with E-state index < -0.39 is 0 Å². The van der Waals surface area contributed by atoms with Crippen molar-refractivity contribution in [1.82, 2.24) is 0 Å². The van der Waals surface area contributed by atoms with Crippen molar-refractivity contribution in [2.45, 2.75) is 56.4 Å². The summed E-state index contributed by atoms with van der Waals surface area (Å²) in [5.74, 6) is 2.58. The number of rotatable bonds is 2. The van der Waals surface area contributed by atoms with E-state index in [1.807, 2.05) is 7.11 Å². The van der Waals surface area contributed by atoms with Gasteiger partial charge in [0.2, 0.25) is 0 Å². The molecule has 0 saturated heterocycles. The first-order valence-corrected chi connectivity index (χ1v) is 7.32. The average molecular weight is 275 g/mol. The van der Waals surface area contributed by atoms with E-state index in [-0.39, 0.29) is 0 Å². The van der Waals surface area contributed by atoms with Gasteiger partial charge in [-0.25, -0.2) is 0 Å². The number of alkyl halides is 1. The van der Waals surface area contributed by atoms with Crippen LogP contribution < -0.4 is 0 Å². The molecule has 2 heteroatoms. The van der Waals surface area contributed by atoms with E-state index >= 15 is 0 Å². The normalized spacial score (nSPS) is 47.0. The van der Waals surface area contributed by atoms with Gasteiger partial charge in [0.05, 0.1) is 6.10 Å². The molecule has 0 aromatic carbocycles. The second-order valence-corrected chi connectivity index (χ2v) is 6.51. The van der Waals surface area contributed by atoms with Crippen molar-refractivity contribution in [3.05, 3.63) is 0 Å². The summed E-state index contributed by atoms with van der Waals surface area (Å²) in [6.45, 7) is 2.42. The zero-order valence-electron chi connectivity index (χ0n) is 9.92. The van der Waals surface area contributed by atoms with E-state index in [4.69, 9.17) is 4.74 Å². The van der Waals surface area contributed by atoms with Gasteiger partial charge in [-0.3, -0.25) is 0 Å². The number of halogens is 1. The first-order valence-electron chi connectivity index (χ1n) is 6.41. The zero-order chi connectivity index (χ0) is 10.8. The van der Waals surface area contributed by atoms with Gasteiger partial charge in [-0.1, -0.05) is 35.7 Å². The fraction of sp³-hybridized carbons (Fsp3) is 1.00. The van der Waals surface area contributed by atoms with Crippen LogP contribution in [0.25, 0.3) is 0 Å². The molecule has 5 atom stereocenters. The molecule has 0 bridgehead atoms. The van der Waals surface area contributed by atoms with Gasteiger partial charge in [-0.2, -0.15) is 0 Å². The second kappa shape index (κ2) is 5.18. The molecule has 0 heterocycles. The molecule has 0 amide bonds. The van der Waals surface area contributed by atoms with Crippen LogP contribution in [0.2, 0.25) is 0 Å². The van der Waals surface area contributed by atoms with Crippen LogP contribution in [0, 0.1) is 17.8 Å². The average Bonchev–Trinajstić information content (AvgIpc) is 2.60. The van der Waals surface area contributed by atoms with Crippen LogP contribution in [0.1, 0.15) is 45.4 Å². The fourth-order valence-electron chi connectivity index (χ4n) is 3.66. The molecule has 2 aliphatic rings. The number of ether oxygens (including phenoxy) is 1. The third-order valence-electron chi connectivity index (χ3n) is 4.63. The fourth-order valence-corrected chi connectivity index (χ4v) is 4.31. The Morgan fingerprint density at radius 1 is 1.00 bits per heavy atom. The molecular weight excluding hydrogens is 252 g/mol. The lowest BCUT2D eigenvalue weighted by atomic mass is 9.74. The lowest BCUT2D eigenvalue weighted by Crippen LogP contribution is -2.34. The Morgan fingerprint density at radius 3 is 2.33 bits per heavy atom. The molecule has 88 valence electrons. The molecule has 2 aliphatic carbocycles. The van der Waals surface area contributed by atoms with Crippen molar-refractivity contribution in [3.63, 3.8) is 0 Å². The summed E-state index contributed by atoms with van der Waals surface area (Å²) >= 11 is 3.81. The van der Waals surface area contributed by atoms with Crippen LogP contribution in [0.5, 0.6) is 0 Å². The lowest BCUT2D eigenvalue weighted by Gasteiger charge is -2.36. The van der Waals surface area contributed by atoms with Gasteiger partial charge in [-0.05, 0) is 43.4 Å². The Morgan fingerprint density at radius 2 is 1.73 bits per heavy atom. The maximum Gasteiger partial charge on any atom is 0.0602 e. The third kappa shape index (κ3) is 2.41. The monoisotopic (exact) mass is 274 g/mol. The number of hydrogen-bond donors (Lipinski definition) is 0. The van der Waals surface area contributed by atoms with Gasteiger partial charge in [0.25, 0.3) is 0 Å². The number of hydrogen-bond acceptors (Lipinski definition) is 1. The van der Waals surface area contributed by atoms with Crippen molar-refractivity contribution >= 4 is 15.9 Å². The van der Waals surface area contributed by atoms with Crippen molar-refractivity contribution in [1.29, 1.82) is 0 Å². The minimum Gasteiger partial charge on any atom is -0.381 e. The summed E-state index contributed by atoms with van der Waals surface area (Å²) in [6, 6.07) is 0. The molecule has 5 unspecified atom stereocenters. The summed E-state index contributed by atoms with van der Waals surface area (Å²) in [5, 5.41) is 0. The predicted octanol–water partition coefficient (Wildman–Crippen LogP) is 4.00. The van der Waals surface area contributed by atoms with Crippen molar-refractivity contribution in [3.8, 4) is 0 Å². The van der Waals surface area contributed by atoms with E-state index in [9.17, 15) is 0 Å². The Balaban J connectivity index is 2.01. The molecule has 1 nitrogen and oxygen atoms in total. The van der Waals surface area contributed by atoms with Gasteiger partial charge in [0.1, 0.15) is 0 Å². The molecule has 2 fully saturated rings. The van der Waals surface area contributed by atoms with E-state index in [0.717, 1.165) is 22.6 Å². The van der Waals surface area contributed by atoms with Crippen LogP contribution >= 0.6 is 15.9 Å². The minimum absolute atomic E-state index is 0.545. The highest BCUT2D eigenvalue weighted by Gasteiger charge is 2.40. The van der Waals surface area contributed by atoms with Crippen molar-refractivity contribution < 1.29 is 4.74 Å². The first-order chi connectivity index (χ1) is 7.24. The van der Waals surface area contributed by atoms with Gasteiger partial charge in [0, 0.05) is 11.9 Å². The quantitative estimate of drug-likeness (QED) is 0.692. The smallest absolute Gasteiger partial charge is 0.0602 e. The highest BCUT2D eigenvalue weighted by Crippen LogP contribution is 2.45. The zero-order valence-corrected chi connectivity index (χ0v) is 11.5. The standard InChI is InChI=1S/C13H23BrO/c1-9-10(7-8-12(9)14)11-5-3-4-6-13(11)15-2/h9-13H,3-8H2,1-2H3. The molecule has 2 saturated carbocycles. The molecule has 0 N–H and O–H groups in total. The lowest BCUT2D eigenvalue weighted by molar-refractivity contribution is -0.00766. The molecule has 0 spiro atoms. The van der Waals surface area contributed by atoms with Gasteiger partial charge in [0.15, 0.2) is 0 Å². The van der Waals surface area contributed by atoms with Crippen LogP contribution in [0.3, 0.4) is 0 Å². The van der Waals surface area contributed by atoms with E-state index in [1.165, 1.54) is 38.5 Å². The SMILES string of the molecule is COC1CCCCC1C1CCC(Br)C1C. The van der Waals surface area contributed by atoms with Crippen molar-refractivity contribution in [2.75, 3.05) is 7.11 Å². The number of methoxy groups -OCH3 is 1. The maximum absolute atomic E-state index is 5.68. The van der Waals surface area contributed by atoms with E-state index in [2.05, 4.69) is 22.9 Å². The van der Waals surface area contributed by atoms with Crippen LogP contribution in [0.15, 0.2) is 0 Å². The summed E-state index contributed by atoms with van der Waals surface area (Å²) in [6.07, 6.45) is 8.78. The minimum atomic E-state index is 0.545. The molecule has 0 aromatic heterocycles. The van der Waals surface area contributed by atoms with Gasteiger partial charge in [-0.15, -0.1) is 0 Å². The van der Waals surface area contributed by atoms with Crippen LogP contribution in [-0.4, -0.2) is 18.0 Å². The maximum atomic E-state index is 5.68. The molecule has 0 aromatic rings. The summed E-state index contributed by atoms with van der Waals surface area (Å²) < 4.78 is 5.68. The Kier molecular flexibility index (Phi) is 4.11. The summed E-state index contributed by atoms with van der Waals surface area (Å²) in [5.41, 5.74) is 0. The highest BCUT2D eigenvalue weighted by molar-refractivity contribution is 9.09. The van der Waals surface area contributed by atoms with E-state index in [0.29, 0.717) is 6.10 Å². The Bertz CT molecular complexity index is 207. The summed E-state index contributed by atoms with van der Waals surface area (Å²) in [4.78, 5) is 0.752. The topological polar surface area (TPSA) is 9.23 Å². The van der Waals surface area contributed by atoms with Gasteiger partial charge >= 0.3 is 0 Å². The van der Waals surface area contributed by atoms with E-state index in [1.54, 1.807) is 0 Å². The van der Waals surface area contributed by atoms with Crippen LogP contribution in [0.4, 0.5) is 0 Å². The molecule has 2 rings (SSSR count). The van der Waals surface area contributed by atoms with Crippen molar-refractivity contribution in [2.24, 2.45) is 17.8 Å². The Labute approximate surface area is 102 Å². The Hall–Kier alpha value is 0.440. The highest BCUT2D eigenvalue weighted by atomic mass is 79.9. The third-order valence-corrected chi connectivity index (χ3v) is 5.92. The first kappa shape index (κ1) is 11.9. The second-order valence-electron chi connectivity index (χ2n) is 5.34. The van der Waals surface area contributed by atoms with Crippen LogP contribution in [-0.2, 0) is 4.74 Å². The molecule has 0 radical (unpaired) electrons. The molecule has 15 heavy (non-hydrogen) atoms. The van der Waals surface area contributed by atoms with Gasteiger partial charge < -0.3 is 4.74 Å². The largest absolute Gasteiger partial charge is 0.381 e. The molecular formula is C13H23BrO. The summed E-state index contributed by atoms with van der Waals surface area (Å²) in [7, 11) is 1.90.